The Kier molecular flexibility index (Phi) is 3.57. The molecule has 0 N–H and O–H groups in total. The lowest BCUT2D eigenvalue weighted by Crippen LogP contribution is -2.40. The first-order valence-electron chi connectivity index (χ1n) is 8.28. The smallest absolute Gasteiger partial charge is 0.240 e. The Morgan fingerprint density at radius 2 is 2.00 bits per heavy atom. The van der Waals surface area contributed by atoms with Crippen molar-refractivity contribution < 1.29 is 14.3 Å². The molecular formula is C20H21NO3. The van der Waals surface area contributed by atoms with Gasteiger partial charge in [-0.3, -0.25) is 4.79 Å². The second kappa shape index (κ2) is 5.64. The van der Waals surface area contributed by atoms with Gasteiger partial charge < -0.3 is 14.4 Å². The van der Waals surface area contributed by atoms with E-state index in [1.54, 1.807) is 7.11 Å². The molecule has 124 valence electrons. The van der Waals surface area contributed by atoms with Crippen LogP contribution in [0.15, 0.2) is 42.5 Å². The molecular weight excluding hydrogens is 302 g/mol. The second-order valence-corrected chi connectivity index (χ2v) is 6.64. The van der Waals surface area contributed by atoms with Crippen molar-refractivity contribution in [3.8, 4) is 5.75 Å². The Balaban J connectivity index is 1.72. The molecule has 24 heavy (non-hydrogen) atoms. The van der Waals surface area contributed by atoms with E-state index >= 15 is 0 Å². The number of ether oxygens (including phenoxy) is 2. The first-order chi connectivity index (χ1) is 11.6. The second-order valence-electron chi connectivity index (χ2n) is 6.64. The van der Waals surface area contributed by atoms with Gasteiger partial charge in [0.1, 0.15) is 11.2 Å². The molecule has 0 aromatic heterocycles. The molecule has 2 aliphatic heterocycles. The lowest BCUT2D eigenvalue weighted by atomic mass is 9.81. The van der Waals surface area contributed by atoms with Crippen molar-refractivity contribution in [2.75, 3.05) is 25.2 Å². The number of amides is 1. The fraction of sp³-hybridized carbons (Fsp3) is 0.350. The minimum absolute atomic E-state index is 0.163. The monoisotopic (exact) mass is 323 g/mol. The lowest BCUT2D eigenvalue weighted by molar-refractivity contribution is -0.123. The van der Waals surface area contributed by atoms with Crippen LogP contribution in [0.1, 0.15) is 23.1 Å². The zero-order chi connectivity index (χ0) is 16.7. The van der Waals surface area contributed by atoms with Crippen LogP contribution in [0, 0.1) is 6.92 Å². The fourth-order valence-corrected chi connectivity index (χ4v) is 3.77. The number of methoxy groups -OCH3 is 1. The van der Waals surface area contributed by atoms with Crippen LogP contribution in [0.4, 0.5) is 5.69 Å². The number of hydrogen-bond acceptors (Lipinski definition) is 3. The quantitative estimate of drug-likeness (QED) is 0.870. The highest BCUT2D eigenvalue weighted by atomic mass is 16.5. The molecule has 4 nitrogen and oxygen atoms in total. The molecule has 4 rings (SSSR count). The highest BCUT2D eigenvalue weighted by Crippen LogP contribution is 2.47. The number of hydrogen-bond donors (Lipinski definition) is 0. The molecule has 0 radical (unpaired) electrons. The molecule has 2 aromatic rings. The summed E-state index contributed by atoms with van der Waals surface area (Å²) >= 11 is 0. The van der Waals surface area contributed by atoms with Gasteiger partial charge in [-0.2, -0.15) is 0 Å². The number of fused-ring (bicyclic) bond motifs is 2. The third-order valence-electron chi connectivity index (χ3n) is 5.14. The van der Waals surface area contributed by atoms with E-state index in [1.807, 2.05) is 29.2 Å². The van der Waals surface area contributed by atoms with E-state index in [0.717, 1.165) is 34.5 Å². The van der Waals surface area contributed by atoms with Gasteiger partial charge in [-0.15, -0.1) is 0 Å². The van der Waals surface area contributed by atoms with Gasteiger partial charge in [0.05, 0.1) is 20.3 Å². The third-order valence-corrected chi connectivity index (χ3v) is 5.14. The summed E-state index contributed by atoms with van der Waals surface area (Å²) in [4.78, 5) is 15.2. The first kappa shape index (κ1) is 15.2. The Morgan fingerprint density at radius 1 is 1.21 bits per heavy atom. The van der Waals surface area contributed by atoms with Gasteiger partial charge in [0.25, 0.3) is 0 Å². The lowest BCUT2D eigenvalue weighted by Gasteiger charge is -2.22. The average Bonchev–Trinajstić information content (AvgIpc) is 3.17. The number of anilines is 1. The molecule has 0 saturated carbocycles. The summed E-state index contributed by atoms with van der Waals surface area (Å²) in [6, 6.07) is 14.2. The van der Waals surface area contributed by atoms with Gasteiger partial charge in [0.2, 0.25) is 5.91 Å². The topological polar surface area (TPSA) is 38.8 Å². The van der Waals surface area contributed by atoms with Gasteiger partial charge in [-0.25, -0.2) is 0 Å². The average molecular weight is 323 g/mol. The van der Waals surface area contributed by atoms with E-state index in [9.17, 15) is 4.79 Å². The van der Waals surface area contributed by atoms with Crippen molar-refractivity contribution >= 4 is 11.6 Å². The third kappa shape index (κ3) is 2.21. The first-order valence-corrected chi connectivity index (χ1v) is 8.28. The standard InChI is InChI=1S/C20H21NO3/c1-14-3-8-17-18(11-14)21(19(22)20(17)9-10-24-13-20)12-15-4-6-16(23-2)7-5-15/h3-8,11H,9-10,12-13H2,1-2H3. The van der Waals surface area contributed by atoms with Crippen molar-refractivity contribution in [1.82, 2.24) is 0 Å². The zero-order valence-electron chi connectivity index (χ0n) is 14.0. The van der Waals surface area contributed by atoms with Gasteiger partial charge in [0.15, 0.2) is 0 Å². The van der Waals surface area contributed by atoms with Crippen LogP contribution in [-0.2, 0) is 21.5 Å². The van der Waals surface area contributed by atoms with Crippen LogP contribution < -0.4 is 9.64 Å². The summed E-state index contributed by atoms with van der Waals surface area (Å²) in [6.45, 7) is 3.77. The summed E-state index contributed by atoms with van der Waals surface area (Å²) in [6.07, 6.45) is 0.765. The maximum Gasteiger partial charge on any atom is 0.240 e. The van der Waals surface area contributed by atoms with Gasteiger partial charge in [-0.05, 0) is 48.2 Å². The summed E-state index contributed by atoms with van der Waals surface area (Å²) < 4.78 is 10.8. The molecule has 1 amide bonds. The zero-order valence-corrected chi connectivity index (χ0v) is 14.0. The number of aryl methyl sites for hydroxylation is 1. The molecule has 1 spiro atoms. The van der Waals surface area contributed by atoms with Crippen LogP contribution in [0.2, 0.25) is 0 Å². The van der Waals surface area contributed by atoms with Crippen LogP contribution in [-0.4, -0.2) is 26.2 Å². The van der Waals surface area contributed by atoms with Gasteiger partial charge in [0, 0.05) is 12.3 Å². The molecule has 1 saturated heterocycles. The predicted octanol–water partition coefficient (Wildman–Crippen LogP) is 3.21. The molecule has 2 aliphatic rings. The molecule has 0 bridgehead atoms. The molecule has 0 aliphatic carbocycles. The van der Waals surface area contributed by atoms with Crippen LogP contribution in [0.25, 0.3) is 0 Å². The molecule has 1 unspecified atom stereocenters. The Hall–Kier alpha value is -2.33. The number of benzene rings is 2. The number of rotatable bonds is 3. The number of carbonyl (C=O) groups excluding carboxylic acids is 1. The van der Waals surface area contributed by atoms with Crippen LogP contribution >= 0.6 is 0 Å². The minimum Gasteiger partial charge on any atom is -0.497 e. The molecule has 2 heterocycles. The van der Waals surface area contributed by atoms with Crippen molar-refractivity contribution in [3.63, 3.8) is 0 Å². The molecule has 4 heteroatoms. The van der Waals surface area contributed by atoms with E-state index in [2.05, 4.69) is 25.1 Å². The molecule has 2 aromatic carbocycles. The fourth-order valence-electron chi connectivity index (χ4n) is 3.77. The number of carbonyl (C=O) groups is 1. The van der Waals surface area contributed by atoms with E-state index in [4.69, 9.17) is 9.47 Å². The van der Waals surface area contributed by atoms with Gasteiger partial charge in [-0.1, -0.05) is 24.3 Å². The van der Waals surface area contributed by atoms with Crippen LogP contribution in [0.5, 0.6) is 5.75 Å². The Labute approximate surface area is 142 Å². The van der Waals surface area contributed by atoms with Crippen molar-refractivity contribution in [2.45, 2.75) is 25.3 Å². The predicted molar refractivity (Wildman–Crippen MR) is 92.5 cm³/mol. The van der Waals surface area contributed by atoms with E-state index in [0.29, 0.717) is 19.8 Å². The normalized spacial score (nSPS) is 22.2. The highest BCUT2D eigenvalue weighted by molar-refractivity contribution is 6.08. The van der Waals surface area contributed by atoms with Gasteiger partial charge >= 0.3 is 0 Å². The van der Waals surface area contributed by atoms with E-state index in [-0.39, 0.29) is 5.91 Å². The summed E-state index contributed by atoms with van der Waals surface area (Å²) in [5, 5.41) is 0. The summed E-state index contributed by atoms with van der Waals surface area (Å²) in [5.74, 6) is 0.986. The van der Waals surface area contributed by atoms with E-state index in [1.165, 1.54) is 0 Å². The van der Waals surface area contributed by atoms with E-state index < -0.39 is 5.41 Å². The molecule has 1 atom stereocenters. The summed E-state index contributed by atoms with van der Waals surface area (Å²) in [7, 11) is 1.65. The maximum absolute atomic E-state index is 13.2. The van der Waals surface area contributed by atoms with Crippen molar-refractivity contribution in [3.05, 3.63) is 59.2 Å². The minimum atomic E-state index is -0.491. The summed E-state index contributed by atoms with van der Waals surface area (Å²) in [5.41, 5.74) is 3.91. The highest BCUT2D eigenvalue weighted by Gasteiger charge is 2.53. The largest absolute Gasteiger partial charge is 0.497 e. The Bertz CT molecular complexity index is 776. The Morgan fingerprint density at radius 3 is 2.67 bits per heavy atom. The number of nitrogens with zero attached hydrogens (tertiary/aromatic N) is 1. The van der Waals surface area contributed by atoms with Crippen molar-refractivity contribution in [1.29, 1.82) is 0 Å². The van der Waals surface area contributed by atoms with Crippen molar-refractivity contribution in [2.24, 2.45) is 0 Å². The maximum atomic E-state index is 13.2. The SMILES string of the molecule is COc1ccc(CN2C(=O)C3(CCOC3)c3ccc(C)cc32)cc1. The van der Waals surface area contributed by atoms with Crippen LogP contribution in [0.3, 0.4) is 0 Å². The molecule has 1 fully saturated rings.